The van der Waals surface area contributed by atoms with Crippen LogP contribution in [0.3, 0.4) is 0 Å². The molecule has 2 fully saturated rings. The Morgan fingerprint density at radius 3 is 2.22 bits per heavy atom. The predicted octanol–water partition coefficient (Wildman–Crippen LogP) is 2.69. The van der Waals surface area contributed by atoms with Crippen molar-refractivity contribution in [1.29, 1.82) is 0 Å². The zero-order valence-corrected chi connectivity index (χ0v) is 6.43. The van der Waals surface area contributed by atoms with Crippen LogP contribution in [0.25, 0.3) is 0 Å². The van der Waals surface area contributed by atoms with E-state index in [1.165, 1.54) is 19.3 Å². The third-order valence-corrected chi connectivity index (χ3v) is 3.39. The van der Waals surface area contributed by atoms with Gasteiger partial charge in [0.1, 0.15) is 0 Å². The molecule has 0 aromatic rings. The number of fused-ring (bicyclic) bond motifs is 1. The summed E-state index contributed by atoms with van der Waals surface area (Å²) in [5.74, 6) is 4.40. The molecule has 0 heterocycles. The molecule has 2 aliphatic carbocycles. The molecule has 0 amide bonds. The molecule has 0 N–H and O–H groups in total. The molecule has 0 bridgehead atoms. The molecule has 0 aliphatic heterocycles. The second-order valence-electron chi connectivity index (χ2n) is 4.21. The minimum Gasteiger partial charge on any atom is -0.0625 e. The summed E-state index contributed by atoms with van der Waals surface area (Å²) in [6.45, 7) is 4.82. The van der Waals surface area contributed by atoms with Crippen LogP contribution >= 0.6 is 0 Å². The summed E-state index contributed by atoms with van der Waals surface area (Å²) in [5.41, 5.74) is 0. The Kier molecular flexibility index (Phi) is 1.12. The summed E-state index contributed by atoms with van der Waals surface area (Å²) >= 11 is 0. The van der Waals surface area contributed by atoms with E-state index in [2.05, 4.69) is 13.8 Å². The zero-order chi connectivity index (χ0) is 6.43. The third-order valence-electron chi connectivity index (χ3n) is 3.39. The molecule has 0 heteroatoms. The molecule has 52 valence electrons. The molecule has 9 heavy (non-hydrogen) atoms. The van der Waals surface area contributed by atoms with Gasteiger partial charge in [0.25, 0.3) is 0 Å². The highest BCUT2D eigenvalue weighted by molar-refractivity contribution is 4.93. The molecule has 0 aromatic carbocycles. The Bertz CT molecular complexity index is 117. The highest BCUT2D eigenvalue weighted by Gasteiger charge is 2.43. The van der Waals surface area contributed by atoms with Crippen LogP contribution in [0.2, 0.25) is 0 Å². The van der Waals surface area contributed by atoms with Crippen molar-refractivity contribution in [2.45, 2.75) is 33.1 Å². The zero-order valence-electron chi connectivity index (χ0n) is 6.43. The van der Waals surface area contributed by atoms with Crippen molar-refractivity contribution in [2.24, 2.45) is 23.7 Å². The predicted molar refractivity (Wildman–Crippen MR) is 39.2 cm³/mol. The van der Waals surface area contributed by atoms with Crippen molar-refractivity contribution < 1.29 is 0 Å². The van der Waals surface area contributed by atoms with E-state index in [0.29, 0.717) is 0 Å². The van der Waals surface area contributed by atoms with Crippen molar-refractivity contribution in [3.05, 3.63) is 0 Å². The van der Waals surface area contributed by atoms with E-state index >= 15 is 0 Å². The molecule has 0 aromatic heterocycles. The maximum atomic E-state index is 2.42. The Morgan fingerprint density at radius 1 is 1.00 bits per heavy atom. The van der Waals surface area contributed by atoms with Gasteiger partial charge in [-0.2, -0.15) is 0 Å². The number of hydrogen-bond acceptors (Lipinski definition) is 0. The van der Waals surface area contributed by atoms with Gasteiger partial charge in [0.05, 0.1) is 0 Å². The summed E-state index contributed by atoms with van der Waals surface area (Å²) in [6.07, 6.45) is 4.61. The number of hydrogen-bond donors (Lipinski definition) is 0. The van der Waals surface area contributed by atoms with E-state index in [4.69, 9.17) is 0 Å². The Hall–Kier alpha value is 0. The minimum atomic E-state index is 1.05. The summed E-state index contributed by atoms with van der Waals surface area (Å²) in [4.78, 5) is 0. The molecule has 0 spiro atoms. The largest absolute Gasteiger partial charge is 0.0625 e. The fraction of sp³-hybridized carbons (Fsp3) is 1.00. The summed E-state index contributed by atoms with van der Waals surface area (Å²) in [6, 6.07) is 0. The first kappa shape index (κ1) is 5.76. The first-order valence-electron chi connectivity index (χ1n) is 4.27. The smallest absolute Gasteiger partial charge is 0.0357 e. The van der Waals surface area contributed by atoms with Gasteiger partial charge in [0.15, 0.2) is 0 Å². The van der Waals surface area contributed by atoms with Crippen molar-refractivity contribution in [2.75, 3.05) is 0 Å². The lowest BCUT2D eigenvalue weighted by Gasteiger charge is -2.37. The van der Waals surface area contributed by atoms with Crippen LogP contribution in [-0.2, 0) is 0 Å². The molecule has 2 saturated carbocycles. The molecule has 0 saturated heterocycles. The quantitative estimate of drug-likeness (QED) is 0.465. The van der Waals surface area contributed by atoms with Crippen LogP contribution in [0, 0.1) is 23.7 Å². The monoisotopic (exact) mass is 124 g/mol. The van der Waals surface area contributed by atoms with E-state index in [9.17, 15) is 0 Å². The lowest BCUT2D eigenvalue weighted by molar-refractivity contribution is 0.120. The third kappa shape index (κ3) is 0.720. The summed E-state index contributed by atoms with van der Waals surface area (Å²) in [5, 5.41) is 0. The average molecular weight is 124 g/mol. The fourth-order valence-corrected chi connectivity index (χ4v) is 2.87. The Labute approximate surface area is 57.6 Å². The molecule has 0 radical (unpaired) electrons. The second kappa shape index (κ2) is 1.74. The highest BCUT2D eigenvalue weighted by atomic mass is 14.5. The van der Waals surface area contributed by atoms with Crippen LogP contribution in [0.5, 0.6) is 0 Å². The van der Waals surface area contributed by atoms with Gasteiger partial charge in [-0.05, 0) is 42.9 Å². The van der Waals surface area contributed by atoms with Gasteiger partial charge in [-0.15, -0.1) is 0 Å². The van der Waals surface area contributed by atoms with Crippen LogP contribution in [0.15, 0.2) is 0 Å². The van der Waals surface area contributed by atoms with Crippen molar-refractivity contribution in [3.63, 3.8) is 0 Å². The van der Waals surface area contributed by atoms with E-state index in [1.54, 1.807) is 0 Å². The van der Waals surface area contributed by atoms with Gasteiger partial charge in [0.2, 0.25) is 0 Å². The molecule has 2 rings (SSSR count). The Balaban J connectivity index is 2.00. The molecule has 2 aliphatic rings. The van der Waals surface area contributed by atoms with Crippen molar-refractivity contribution >= 4 is 0 Å². The van der Waals surface area contributed by atoms with E-state index in [1.807, 2.05) is 0 Å². The van der Waals surface area contributed by atoms with E-state index in [0.717, 1.165) is 23.7 Å². The average Bonchev–Trinajstić information content (AvgIpc) is 2.08. The minimum absolute atomic E-state index is 1.05. The first-order valence-corrected chi connectivity index (χ1v) is 4.27. The molecule has 4 atom stereocenters. The molecular weight excluding hydrogens is 108 g/mol. The maximum Gasteiger partial charge on any atom is -0.0357 e. The van der Waals surface area contributed by atoms with Gasteiger partial charge in [0, 0.05) is 0 Å². The normalized spacial score (nSPS) is 56.7. The summed E-state index contributed by atoms with van der Waals surface area (Å²) < 4.78 is 0. The fourth-order valence-electron chi connectivity index (χ4n) is 2.87. The lowest BCUT2D eigenvalue weighted by Crippen LogP contribution is -2.29. The Morgan fingerprint density at radius 2 is 1.78 bits per heavy atom. The molecule has 3 unspecified atom stereocenters. The van der Waals surface area contributed by atoms with Gasteiger partial charge in [-0.3, -0.25) is 0 Å². The van der Waals surface area contributed by atoms with Crippen LogP contribution in [0.4, 0.5) is 0 Å². The summed E-state index contributed by atoms with van der Waals surface area (Å²) in [7, 11) is 0. The molecular formula is C9H16. The van der Waals surface area contributed by atoms with Gasteiger partial charge >= 0.3 is 0 Å². The molecule has 0 nitrogen and oxygen atoms in total. The second-order valence-corrected chi connectivity index (χ2v) is 4.21. The SMILES string of the molecule is CC1CC2CC(C)[C@H]2C1. The van der Waals surface area contributed by atoms with Crippen LogP contribution in [0.1, 0.15) is 33.1 Å². The topological polar surface area (TPSA) is 0 Å². The standard InChI is InChI=1S/C9H16/c1-6-3-8-5-7(2)9(8)4-6/h6-9H,3-5H2,1-2H3/t6?,7?,8?,9-/m1/s1. The van der Waals surface area contributed by atoms with Gasteiger partial charge in [-0.25, -0.2) is 0 Å². The van der Waals surface area contributed by atoms with Crippen molar-refractivity contribution in [3.8, 4) is 0 Å². The van der Waals surface area contributed by atoms with Crippen molar-refractivity contribution in [1.82, 2.24) is 0 Å². The first-order chi connectivity index (χ1) is 4.27. The van der Waals surface area contributed by atoms with Gasteiger partial charge in [-0.1, -0.05) is 13.8 Å². The van der Waals surface area contributed by atoms with Gasteiger partial charge < -0.3 is 0 Å². The van der Waals surface area contributed by atoms with Crippen LogP contribution < -0.4 is 0 Å². The van der Waals surface area contributed by atoms with Crippen LogP contribution in [-0.4, -0.2) is 0 Å². The van der Waals surface area contributed by atoms with E-state index < -0.39 is 0 Å². The maximum absolute atomic E-state index is 2.42. The number of rotatable bonds is 0. The van der Waals surface area contributed by atoms with E-state index in [-0.39, 0.29) is 0 Å². The lowest BCUT2D eigenvalue weighted by atomic mass is 9.68. The highest BCUT2D eigenvalue weighted by Crippen LogP contribution is 2.52.